The van der Waals surface area contributed by atoms with E-state index in [9.17, 15) is 4.79 Å². The van der Waals surface area contributed by atoms with Gasteiger partial charge >= 0.3 is 0 Å². The van der Waals surface area contributed by atoms with E-state index >= 15 is 0 Å². The van der Waals surface area contributed by atoms with Gasteiger partial charge in [-0.1, -0.05) is 25.3 Å². The molecule has 0 bridgehead atoms. The zero-order valence-electron chi connectivity index (χ0n) is 11.7. The molecule has 1 fully saturated rings. The highest BCUT2D eigenvalue weighted by Crippen LogP contribution is 2.30. The highest BCUT2D eigenvalue weighted by atomic mass is 32.1. The Bertz CT molecular complexity index is 383. The van der Waals surface area contributed by atoms with Gasteiger partial charge in [0.05, 0.1) is 0 Å². The monoisotopic (exact) mass is 280 g/mol. The molecule has 0 aliphatic heterocycles. The lowest BCUT2D eigenvalue weighted by atomic mass is 9.79. The quantitative estimate of drug-likeness (QED) is 0.841. The van der Waals surface area contributed by atoms with E-state index in [1.54, 1.807) is 11.3 Å². The minimum Gasteiger partial charge on any atom is -0.356 e. The predicted octanol–water partition coefficient (Wildman–Crippen LogP) is 2.72. The van der Waals surface area contributed by atoms with Crippen LogP contribution in [0.3, 0.4) is 0 Å². The maximum atomic E-state index is 12.1. The molecule has 1 aliphatic rings. The molecule has 0 aromatic carbocycles. The van der Waals surface area contributed by atoms with Gasteiger partial charge in [0.25, 0.3) is 0 Å². The Balaban J connectivity index is 1.73. The molecule has 19 heavy (non-hydrogen) atoms. The summed E-state index contributed by atoms with van der Waals surface area (Å²) in [6.07, 6.45) is 7.60. The third-order valence-corrected chi connectivity index (χ3v) is 5.05. The molecule has 2 rings (SSSR count). The maximum Gasteiger partial charge on any atom is 0.221 e. The van der Waals surface area contributed by atoms with E-state index in [1.165, 1.54) is 24.1 Å². The van der Waals surface area contributed by atoms with Gasteiger partial charge in [0.15, 0.2) is 0 Å². The molecular weight excluding hydrogens is 256 g/mol. The molecule has 1 amide bonds. The van der Waals surface area contributed by atoms with Gasteiger partial charge in [-0.25, -0.2) is 0 Å². The molecule has 2 N–H and O–H groups in total. The Morgan fingerprint density at radius 3 is 2.79 bits per heavy atom. The van der Waals surface area contributed by atoms with Crippen LogP contribution in [0.5, 0.6) is 0 Å². The molecule has 1 aromatic rings. The van der Waals surface area contributed by atoms with Gasteiger partial charge in [-0.05, 0) is 37.8 Å². The van der Waals surface area contributed by atoms with Crippen LogP contribution in [0.2, 0.25) is 0 Å². The minimum absolute atomic E-state index is 0.0469. The second-order valence-corrected chi connectivity index (χ2v) is 6.48. The van der Waals surface area contributed by atoms with Crippen molar-refractivity contribution < 1.29 is 4.79 Å². The number of hydrogen-bond donors (Lipinski definition) is 2. The number of thiophene rings is 1. The molecular formula is C15H24N2OS. The summed E-state index contributed by atoms with van der Waals surface area (Å²) in [7, 11) is 1.99. The standard InChI is InChI=1S/C15H24N2OS/c1-16-15(8-3-2-4-9-15)12-14(18)17-10-7-13-6-5-11-19-13/h5-6,11,16H,2-4,7-10,12H2,1H3,(H,17,18). The van der Waals surface area contributed by atoms with Crippen LogP contribution in [0.15, 0.2) is 17.5 Å². The number of hydrogen-bond acceptors (Lipinski definition) is 3. The fourth-order valence-electron chi connectivity index (χ4n) is 2.89. The van der Waals surface area contributed by atoms with E-state index in [1.807, 2.05) is 7.05 Å². The zero-order valence-corrected chi connectivity index (χ0v) is 12.5. The van der Waals surface area contributed by atoms with Crippen LogP contribution < -0.4 is 10.6 Å². The summed E-state index contributed by atoms with van der Waals surface area (Å²) in [5.74, 6) is 0.188. The van der Waals surface area contributed by atoms with Crippen molar-refractivity contribution in [2.24, 2.45) is 0 Å². The van der Waals surface area contributed by atoms with Crippen LogP contribution in [0, 0.1) is 0 Å². The van der Waals surface area contributed by atoms with Crippen LogP contribution in [0.4, 0.5) is 0 Å². The Morgan fingerprint density at radius 1 is 1.37 bits per heavy atom. The van der Waals surface area contributed by atoms with Crippen LogP contribution in [0.1, 0.15) is 43.4 Å². The number of amides is 1. The number of nitrogens with one attached hydrogen (secondary N) is 2. The van der Waals surface area contributed by atoms with Gasteiger partial charge < -0.3 is 10.6 Å². The summed E-state index contributed by atoms with van der Waals surface area (Å²) in [5, 5.41) is 8.53. The molecule has 0 unspecified atom stereocenters. The number of rotatable bonds is 6. The smallest absolute Gasteiger partial charge is 0.221 e. The van der Waals surface area contributed by atoms with E-state index in [2.05, 4.69) is 28.1 Å². The largest absolute Gasteiger partial charge is 0.356 e. The molecule has 0 radical (unpaired) electrons. The summed E-state index contributed by atoms with van der Waals surface area (Å²) in [6, 6.07) is 4.17. The summed E-state index contributed by atoms with van der Waals surface area (Å²) in [6.45, 7) is 0.749. The van der Waals surface area contributed by atoms with Gasteiger partial charge in [0.2, 0.25) is 5.91 Å². The molecule has 0 saturated heterocycles. The van der Waals surface area contributed by atoms with Crippen molar-refractivity contribution in [2.75, 3.05) is 13.6 Å². The van der Waals surface area contributed by atoms with Crippen molar-refractivity contribution in [1.82, 2.24) is 10.6 Å². The number of carbonyl (C=O) groups is 1. The fourth-order valence-corrected chi connectivity index (χ4v) is 3.60. The average molecular weight is 280 g/mol. The zero-order chi connectivity index (χ0) is 13.6. The van der Waals surface area contributed by atoms with Gasteiger partial charge in [0.1, 0.15) is 0 Å². The van der Waals surface area contributed by atoms with Crippen molar-refractivity contribution in [3.05, 3.63) is 22.4 Å². The molecule has 4 heteroatoms. The topological polar surface area (TPSA) is 41.1 Å². The Kier molecular flexibility index (Phi) is 5.40. The molecule has 106 valence electrons. The third kappa shape index (κ3) is 4.32. The first-order valence-corrected chi connectivity index (χ1v) is 8.10. The van der Waals surface area contributed by atoms with Crippen LogP contribution in [0.25, 0.3) is 0 Å². The Morgan fingerprint density at radius 2 is 2.16 bits per heavy atom. The van der Waals surface area contributed by atoms with E-state index in [-0.39, 0.29) is 11.4 Å². The van der Waals surface area contributed by atoms with Crippen LogP contribution in [-0.4, -0.2) is 25.0 Å². The van der Waals surface area contributed by atoms with E-state index < -0.39 is 0 Å². The lowest BCUT2D eigenvalue weighted by molar-refractivity contribution is -0.122. The Hall–Kier alpha value is -0.870. The molecule has 0 spiro atoms. The highest BCUT2D eigenvalue weighted by Gasteiger charge is 2.32. The molecule has 1 aromatic heterocycles. The van der Waals surface area contributed by atoms with E-state index in [0.29, 0.717) is 6.42 Å². The van der Waals surface area contributed by atoms with Crippen molar-refractivity contribution in [3.63, 3.8) is 0 Å². The van der Waals surface area contributed by atoms with Crippen molar-refractivity contribution in [3.8, 4) is 0 Å². The molecule has 1 heterocycles. The highest BCUT2D eigenvalue weighted by molar-refractivity contribution is 7.09. The maximum absolute atomic E-state index is 12.1. The van der Waals surface area contributed by atoms with Gasteiger partial charge in [-0.3, -0.25) is 4.79 Å². The van der Waals surface area contributed by atoms with Gasteiger partial charge in [0, 0.05) is 23.4 Å². The van der Waals surface area contributed by atoms with Gasteiger partial charge in [-0.15, -0.1) is 11.3 Å². The first-order chi connectivity index (χ1) is 9.24. The second-order valence-electron chi connectivity index (χ2n) is 5.45. The van der Waals surface area contributed by atoms with Crippen molar-refractivity contribution in [2.45, 2.75) is 50.5 Å². The van der Waals surface area contributed by atoms with Crippen molar-refractivity contribution in [1.29, 1.82) is 0 Å². The lowest BCUT2D eigenvalue weighted by Crippen LogP contribution is -2.48. The first-order valence-electron chi connectivity index (χ1n) is 7.22. The molecule has 1 aliphatic carbocycles. The van der Waals surface area contributed by atoms with Crippen LogP contribution in [-0.2, 0) is 11.2 Å². The number of carbonyl (C=O) groups excluding carboxylic acids is 1. The van der Waals surface area contributed by atoms with E-state index in [0.717, 1.165) is 25.8 Å². The Labute approximate surface area is 119 Å². The van der Waals surface area contributed by atoms with Crippen LogP contribution >= 0.6 is 11.3 Å². The molecule has 0 atom stereocenters. The summed E-state index contributed by atoms with van der Waals surface area (Å²) >= 11 is 1.75. The second kappa shape index (κ2) is 7.06. The SMILES string of the molecule is CNC1(CC(=O)NCCc2cccs2)CCCCC1. The van der Waals surface area contributed by atoms with Gasteiger partial charge in [-0.2, -0.15) is 0 Å². The summed E-state index contributed by atoms with van der Waals surface area (Å²) in [4.78, 5) is 13.4. The predicted molar refractivity (Wildman–Crippen MR) is 80.5 cm³/mol. The fraction of sp³-hybridized carbons (Fsp3) is 0.667. The molecule has 1 saturated carbocycles. The minimum atomic E-state index is 0.0469. The first kappa shape index (κ1) is 14.5. The van der Waals surface area contributed by atoms with Crippen molar-refractivity contribution >= 4 is 17.2 Å². The third-order valence-electron chi connectivity index (χ3n) is 4.11. The molecule has 3 nitrogen and oxygen atoms in total. The average Bonchev–Trinajstić information content (AvgIpc) is 2.93. The summed E-state index contributed by atoms with van der Waals surface area (Å²) < 4.78 is 0. The normalized spacial score (nSPS) is 18.2. The van der Waals surface area contributed by atoms with E-state index in [4.69, 9.17) is 0 Å². The lowest BCUT2D eigenvalue weighted by Gasteiger charge is -2.36. The summed E-state index contributed by atoms with van der Waals surface area (Å²) in [5.41, 5.74) is 0.0469.